The normalized spacial score (nSPS) is 17.1. The molecule has 3 atom stereocenters. The highest BCUT2D eigenvalue weighted by molar-refractivity contribution is 5.95. The summed E-state index contributed by atoms with van der Waals surface area (Å²) in [6, 6.07) is 24.7. The lowest BCUT2D eigenvalue weighted by molar-refractivity contribution is -0.191. The Morgan fingerprint density at radius 2 is 1.24 bits per heavy atom. The molecule has 3 aromatic carbocycles. The van der Waals surface area contributed by atoms with Crippen molar-refractivity contribution >= 4 is 35.7 Å². The summed E-state index contributed by atoms with van der Waals surface area (Å²) in [4.78, 5) is 77.6. The Balaban J connectivity index is 1.29. The van der Waals surface area contributed by atoms with Crippen LogP contribution in [0.3, 0.4) is 0 Å². The zero-order valence-corrected chi connectivity index (χ0v) is 28.0. The van der Waals surface area contributed by atoms with Crippen molar-refractivity contribution in [3.8, 4) is 0 Å². The molecular weight excluding hydrogens is 664 g/mol. The van der Waals surface area contributed by atoms with Crippen LogP contribution in [0.1, 0.15) is 49.3 Å². The Morgan fingerprint density at radius 3 is 1.76 bits per heavy atom. The van der Waals surface area contributed by atoms with E-state index in [-0.39, 0.29) is 39.2 Å². The lowest BCUT2D eigenvalue weighted by atomic mass is 9.95. The van der Waals surface area contributed by atoms with Crippen molar-refractivity contribution in [2.24, 2.45) is 0 Å². The zero-order chi connectivity index (χ0) is 36.9. The van der Waals surface area contributed by atoms with E-state index in [2.05, 4.69) is 5.32 Å². The van der Waals surface area contributed by atoms with Gasteiger partial charge >= 0.3 is 23.9 Å². The van der Waals surface area contributed by atoms with Gasteiger partial charge in [0.2, 0.25) is 17.5 Å². The summed E-state index contributed by atoms with van der Waals surface area (Å²) in [5.41, 5.74) is -3.07. The molecule has 2 amide bonds. The van der Waals surface area contributed by atoms with E-state index in [0.717, 1.165) is 4.90 Å². The van der Waals surface area contributed by atoms with Gasteiger partial charge in [-0.3, -0.25) is 24.1 Å². The molecule has 1 fully saturated rings. The lowest BCUT2D eigenvalue weighted by Gasteiger charge is -2.35. The standard InChI is InChI=1S/C37H40N2O12/c1-26(39-30(40)17-18-37(39,47)35(45)51-25-29-15-9-4-10-16-29)33(43)38-19-20-48-31(41)21-36(46,34(44)50-24-28-13-7-3-8-14-28)22-32(42)49-23-27-11-5-2-6-12-27/h2-16,26,46-47H,17-25H2,1H3,(H,38,43)/t26-,36+,37?/m0/s1. The predicted molar refractivity (Wildman–Crippen MR) is 177 cm³/mol. The molecule has 1 unspecified atom stereocenters. The van der Waals surface area contributed by atoms with E-state index in [1.54, 1.807) is 91.0 Å². The van der Waals surface area contributed by atoms with Crippen LogP contribution in [0.4, 0.5) is 0 Å². The summed E-state index contributed by atoms with van der Waals surface area (Å²) in [7, 11) is 0. The maximum Gasteiger partial charge on any atom is 0.360 e. The molecule has 1 aliphatic heterocycles. The molecule has 0 saturated carbocycles. The van der Waals surface area contributed by atoms with Crippen molar-refractivity contribution in [2.75, 3.05) is 13.2 Å². The van der Waals surface area contributed by atoms with Gasteiger partial charge in [-0.05, 0) is 23.6 Å². The summed E-state index contributed by atoms with van der Waals surface area (Å²) in [6.07, 6.45) is -2.34. The number of carbonyl (C=O) groups excluding carboxylic acids is 6. The number of benzene rings is 3. The molecule has 270 valence electrons. The minimum absolute atomic E-state index is 0.132. The van der Waals surface area contributed by atoms with Gasteiger partial charge in [0.05, 0.1) is 19.4 Å². The van der Waals surface area contributed by atoms with E-state index in [1.807, 2.05) is 0 Å². The molecule has 0 aliphatic carbocycles. The number of likely N-dealkylation sites (tertiary alicyclic amines) is 1. The minimum Gasteiger partial charge on any atom is -0.464 e. The lowest BCUT2D eigenvalue weighted by Crippen LogP contribution is -2.59. The fourth-order valence-electron chi connectivity index (χ4n) is 5.29. The summed E-state index contributed by atoms with van der Waals surface area (Å²) in [6.45, 7) is 0.0984. The molecule has 3 N–H and O–H groups in total. The van der Waals surface area contributed by atoms with E-state index < -0.39 is 72.5 Å². The topological polar surface area (TPSA) is 195 Å². The Labute approximate surface area is 294 Å². The van der Waals surface area contributed by atoms with E-state index in [4.69, 9.17) is 18.9 Å². The van der Waals surface area contributed by atoms with Crippen LogP contribution in [0.15, 0.2) is 91.0 Å². The Kier molecular flexibility index (Phi) is 13.4. The van der Waals surface area contributed by atoms with Gasteiger partial charge in [0, 0.05) is 12.8 Å². The molecule has 1 saturated heterocycles. The Morgan fingerprint density at radius 1 is 0.765 bits per heavy atom. The van der Waals surface area contributed by atoms with E-state index in [0.29, 0.717) is 16.7 Å². The molecule has 3 aromatic rings. The molecule has 1 heterocycles. The molecule has 0 bridgehead atoms. The van der Waals surface area contributed by atoms with Crippen LogP contribution >= 0.6 is 0 Å². The monoisotopic (exact) mass is 704 g/mol. The zero-order valence-electron chi connectivity index (χ0n) is 28.0. The van der Waals surface area contributed by atoms with Crippen LogP contribution in [-0.2, 0) is 67.5 Å². The van der Waals surface area contributed by atoms with Crippen molar-refractivity contribution in [3.63, 3.8) is 0 Å². The van der Waals surface area contributed by atoms with Gasteiger partial charge < -0.3 is 34.5 Å². The summed E-state index contributed by atoms with van der Waals surface area (Å²) in [5.74, 6) is -5.77. The highest BCUT2D eigenvalue weighted by atomic mass is 16.6. The number of esters is 4. The highest BCUT2D eigenvalue weighted by Gasteiger charge is 2.54. The van der Waals surface area contributed by atoms with Crippen molar-refractivity contribution < 1.29 is 57.9 Å². The van der Waals surface area contributed by atoms with Crippen LogP contribution in [0.25, 0.3) is 0 Å². The van der Waals surface area contributed by atoms with Crippen LogP contribution in [-0.4, -0.2) is 81.3 Å². The predicted octanol–water partition coefficient (Wildman–Crippen LogP) is 2.09. The van der Waals surface area contributed by atoms with Gasteiger partial charge in [-0.15, -0.1) is 0 Å². The molecule has 1 aliphatic rings. The first-order valence-corrected chi connectivity index (χ1v) is 16.2. The molecular formula is C37H40N2O12. The number of carbonyl (C=O) groups is 6. The number of hydrogen-bond donors (Lipinski definition) is 3. The summed E-state index contributed by atoms with van der Waals surface area (Å²) in [5, 5.41) is 24.8. The number of aliphatic hydroxyl groups is 2. The number of nitrogens with one attached hydrogen (secondary N) is 1. The third-order valence-electron chi connectivity index (χ3n) is 8.03. The first-order chi connectivity index (χ1) is 24.4. The average molecular weight is 705 g/mol. The van der Waals surface area contributed by atoms with Gasteiger partial charge in [-0.25, -0.2) is 9.59 Å². The second kappa shape index (κ2) is 17.9. The number of amides is 2. The fourth-order valence-corrected chi connectivity index (χ4v) is 5.29. The number of rotatable bonds is 17. The molecule has 4 rings (SSSR count). The third kappa shape index (κ3) is 10.7. The third-order valence-corrected chi connectivity index (χ3v) is 8.03. The maximum atomic E-state index is 13.0. The fraction of sp³-hybridized carbons (Fsp3) is 0.351. The van der Waals surface area contributed by atoms with Crippen LogP contribution < -0.4 is 5.32 Å². The first kappa shape index (κ1) is 38.2. The van der Waals surface area contributed by atoms with Crippen molar-refractivity contribution in [2.45, 2.75) is 69.8 Å². The van der Waals surface area contributed by atoms with Gasteiger partial charge in [-0.2, -0.15) is 0 Å². The van der Waals surface area contributed by atoms with Crippen molar-refractivity contribution in [1.29, 1.82) is 0 Å². The number of hydrogen-bond acceptors (Lipinski definition) is 12. The quantitative estimate of drug-likeness (QED) is 0.105. The minimum atomic E-state index is -2.63. The van der Waals surface area contributed by atoms with Crippen LogP contribution in [0, 0.1) is 0 Å². The van der Waals surface area contributed by atoms with E-state index in [1.165, 1.54) is 6.92 Å². The molecule has 14 nitrogen and oxygen atoms in total. The van der Waals surface area contributed by atoms with E-state index >= 15 is 0 Å². The van der Waals surface area contributed by atoms with Crippen LogP contribution in [0.2, 0.25) is 0 Å². The molecule has 0 radical (unpaired) electrons. The molecule has 14 heteroatoms. The van der Waals surface area contributed by atoms with Crippen LogP contribution in [0.5, 0.6) is 0 Å². The molecule has 51 heavy (non-hydrogen) atoms. The molecule has 0 aromatic heterocycles. The maximum absolute atomic E-state index is 13.0. The number of ether oxygens (including phenoxy) is 4. The van der Waals surface area contributed by atoms with Crippen molar-refractivity contribution in [1.82, 2.24) is 10.2 Å². The Hall–Kier alpha value is -5.60. The van der Waals surface area contributed by atoms with Gasteiger partial charge in [0.1, 0.15) is 32.5 Å². The summed E-state index contributed by atoms with van der Waals surface area (Å²) < 4.78 is 20.8. The van der Waals surface area contributed by atoms with Crippen molar-refractivity contribution in [3.05, 3.63) is 108 Å². The molecule has 0 spiro atoms. The summed E-state index contributed by atoms with van der Waals surface area (Å²) >= 11 is 0. The Bertz CT molecular complexity index is 1670. The second-order valence-corrected chi connectivity index (χ2v) is 11.9. The number of nitrogens with zero attached hydrogens (tertiary/aromatic N) is 1. The average Bonchev–Trinajstić information content (AvgIpc) is 3.45. The highest BCUT2D eigenvalue weighted by Crippen LogP contribution is 2.32. The first-order valence-electron chi connectivity index (χ1n) is 16.2. The smallest absolute Gasteiger partial charge is 0.360 e. The van der Waals surface area contributed by atoms with Gasteiger partial charge in [0.15, 0.2) is 5.60 Å². The van der Waals surface area contributed by atoms with Gasteiger partial charge in [-0.1, -0.05) is 91.0 Å². The largest absolute Gasteiger partial charge is 0.464 e. The SMILES string of the molecule is C[C@@H](C(=O)NCCOC(=O)C[C@@](O)(CC(=O)OCc1ccccc1)C(=O)OCc1ccccc1)N1C(=O)CCC1(O)C(=O)OCc1ccccc1. The van der Waals surface area contributed by atoms with Gasteiger partial charge in [0.25, 0.3) is 0 Å². The van der Waals surface area contributed by atoms with E-state index in [9.17, 15) is 39.0 Å². The second-order valence-electron chi connectivity index (χ2n) is 11.9.